The Morgan fingerprint density at radius 1 is 1.15 bits per heavy atom. The third kappa shape index (κ3) is 2.59. The number of aromatic nitrogens is 1. The lowest BCUT2D eigenvalue weighted by molar-refractivity contribution is -0.158. The Hall–Kier alpha value is -2.89. The molecule has 0 saturated carbocycles. The summed E-state index contributed by atoms with van der Waals surface area (Å²) in [5, 5.41) is 7.13. The topological polar surface area (TPSA) is 58.0 Å². The molecule has 6 nitrogen and oxygen atoms in total. The van der Waals surface area contributed by atoms with E-state index in [4.69, 9.17) is 9.84 Å². The van der Waals surface area contributed by atoms with E-state index >= 15 is 0 Å². The van der Waals surface area contributed by atoms with Crippen molar-refractivity contribution in [2.75, 3.05) is 13.1 Å². The van der Waals surface area contributed by atoms with Gasteiger partial charge in [0.1, 0.15) is 5.75 Å². The van der Waals surface area contributed by atoms with Crippen LogP contribution in [0.25, 0.3) is 0 Å². The molecule has 0 N–H and O–H groups in total. The van der Waals surface area contributed by atoms with Crippen LogP contribution >= 0.6 is 0 Å². The van der Waals surface area contributed by atoms with Gasteiger partial charge in [-0.3, -0.25) is 9.78 Å². The fourth-order valence-electron chi connectivity index (χ4n) is 4.42. The highest BCUT2D eigenvalue weighted by Gasteiger charge is 2.52. The van der Waals surface area contributed by atoms with Crippen LogP contribution in [-0.2, 0) is 4.79 Å². The number of ether oxygens (including phenoxy) is 1. The molecule has 0 aliphatic carbocycles. The molecule has 27 heavy (non-hydrogen) atoms. The standard InChI is InChI=1S/C21H22N4O2/c1-15(26)24-12-9-21(10-13-24)25-19(16-6-2-3-8-20(16)27-21)14-18(23-25)17-7-4-5-11-22-17/h2-8,11,19H,9-10,12-14H2,1H3. The van der Waals surface area contributed by atoms with Crippen molar-refractivity contribution >= 4 is 11.6 Å². The number of hydrogen-bond donors (Lipinski definition) is 0. The van der Waals surface area contributed by atoms with Gasteiger partial charge in [0.05, 0.1) is 17.4 Å². The molecule has 1 spiro atoms. The monoisotopic (exact) mass is 362 g/mol. The number of rotatable bonds is 1. The predicted octanol–water partition coefficient (Wildman–Crippen LogP) is 2.96. The van der Waals surface area contributed by atoms with Crippen molar-refractivity contribution in [3.05, 3.63) is 59.9 Å². The fourth-order valence-corrected chi connectivity index (χ4v) is 4.42. The number of carbonyl (C=O) groups excluding carboxylic acids is 1. The van der Waals surface area contributed by atoms with E-state index in [1.54, 1.807) is 13.1 Å². The van der Waals surface area contributed by atoms with Crippen molar-refractivity contribution in [1.29, 1.82) is 0 Å². The van der Waals surface area contributed by atoms with Crippen molar-refractivity contribution in [2.24, 2.45) is 5.10 Å². The number of benzene rings is 1. The lowest BCUT2D eigenvalue weighted by Gasteiger charge is -2.51. The normalized spacial score (nSPS) is 22.7. The van der Waals surface area contributed by atoms with Crippen molar-refractivity contribution in [3.8, 4) is 5.75 Å². The van der Waals surface area contributed by atoms with Crippen molar-refractivity contribution in [2.45, 2.75) is 38.0 Å². The number of amides is 1. The van der Waals surface area contributed by atoms with E-state index in [-0.39, 0.29) is 11.9 Å². The van der Waals surface area contributed by atoms with Gasteiger partial charge in [-0.25, -0.2) is 5.01 Å². The Kier molecular flexibility index (Phi) is 3.67. The number of carbonyl (C=O) groups is 1. The van der Waals surface area contributed by atoms with Gasteiger partial charge in [-0.1, -0.05) is 24.3 Å². The van der Waals surface area contributed by atoms with E-state index < -0.39 is 5.72 Å². The molecule has 4 heterocycles. The number of likely N-dealkylation sites (tertiary alicyclic amines) is 1. The lowest BCUT2D eigenvalue weighted by Crippen LogP contribution is -2.59. The van der Waals surface area contributed by atoms with E-state index in [2.05, 4.69) is 22.1 Å². The third-order valence-corrected chi connectivity index (χ3v) is 5.86. The number of nitrogens with zero attached hydrogens (tertiary/aromatic N) is 4. The highest BCUT2D eigenvalue weighted by atomic mass is 16.5. The maximum atomic E-state index is 11.8. The van der Waals surface area contributed by atoms with E-state index in [9.17, 15) is 4.79 Å². The maximum absolute atomic E-state index is 11.8. The zero-order valence-corrected chi connectivity index (χ0v) is 15.3. The molecule has 1 saturated heterocycles. The molecule has 0 bridgehead atoms. The first-order chi connectivity index (χ1) is 13.2. The average molecular weight is 362 g/mol. The number of piperidine rings is 1. The second kappa shape index (κ2) is 6.08. The SMILES string of the molecule is CC(=O)N1CCC2(CC1)Oc1ccccc1C1CC(c3ccccn3)=NN12. The summed E-state index contributed by atoms with van der Waals surface area (Å²) >= 11 is 0. The van der Waals surface area contributed by atoms with Crippen LogP contribution in [-0.4, -0.2) is 45.3 Å². The van der Waals surface area contributed by atoms with E-state index in [0.29, 0.717) is 13.1 Å². The molecule has 3 aliphatic rings. The Morgan fingerprint density at radius 3 is 2.67 bits per heavy atom. The molecule has 3 aliphatic heterocycles. The summed E-state index contributed by atoms with van der Waals surface area (Å²) in [7, 11) is 0. The molecule has 138 valence electrons. The predicted molar refractivity (Wildman–Crippen MR) is 101 cm³/mol. The van der Waals surface area contributed by atoms with Crippen molar-refractivity contribution in [3.63, 3.8) is 0 Å². The van der Waals surface area contributed by atoms with Crippen molar-refractivity contribution < 1.29 is 9.53 Å². The number of hydrogen-bond acceptors (Lipinski definition) is 5. The zero-order chi connectivity index (χ0) is 18.4. The Balaban J connectivity index is 1.54. The van der Waals surface area contributed by atoms with Crippen LogP contribution in [0, 0.1) is 0 Å². The van der Waals surface area contributed by atoms with Crippen LogP contribution in [0.3, 0.4) is 0 Å². The summed E-state index contributed by atoms with van der Waals surface area (Å²) < 4.78 is 6.55. The van der Waals surface area contributed by atoms with Crippen LogP contribution in [0.2, 0.25) is 0 Å². The van der Waals surface area contributed by atoms with E-state index in [1.165, 1.54) is 5.56 Å². The van der Waals surface area contributed by atoms with Gasteiger partial charge in [0, 0.05) is 51.0 Å². The summed E-state index contributed by atoms with van der Waals surface area (Å²) in [6.45, 7) is 3.01. The largest absolute Gasteiger partial charge is 0.466 e. The molecule has 1 amide bonds. The summed E-state index contributed by atoms with van der Waals surface area (Å²) in [6, 6.07) is 14.3. The van der Waals surface area contributed by atoms with Crippen LogP contribution in [0.5, 0.6) is 5.75 Å². The Bertz CT molecular complexity index is 903. The minimum absolute atomic E-state index is 0.122. The lowest BCUT2D eigenvalue weighted by atomic mass is 9.91. The molecular formula is C21H22N4O2. The first kappa shape index (κ1) is 16.3. The highest BCUT2D eigenvalue weighted by Crippen LogP contribution is 2.49. The molecule has 1 fully saturated rings. The number of fused-ring (bicyclic) bond motifs is 4. The summed E-state index contributed by atoms with van der Waals surface area (Å²) in [5.41, 5.74) is 2.59. The van der Waals surface area contributed by atoms with Gasteiger partial charge in [-0.2, -0.15) is 5.10 Å². The van der Waals surface area contributed by atoms with Crippen LogP contribution in [0.1, 0.15) is 43.5 Å². The summed E-state index contributed by atoms with van der Waals surface area (Å²) in [4.78, 5) is 18.2. The zero-order valence-electron chi connectivity index (χ0n) is 15.3. The molecule has 2 aromatic rings. The van der Waals surface area contributed by atoms with E-state index in [1.807, 2.05) is 35.2 Å². The first-order valence-electron chi connectivity index (χ1n) is 9.48. The number of hydrazone groups is 1. The van der Waals surface area contributed by atoms with Gasteiger partial charge < -0.3 is 9.64 Å². The maximum Gasteiger partial charge on any atom is 0.219 e. The van der Waals surface area contributed by atoms with Gasteiger partial charge in [0.2, 0.25) is 11.6 Å². The Morgan fingerprint density at radius 2 is 1.93 bits per heavy atom. The summed E-state index contributed by atoms with van der Waals surface area (Å²) in [6.07, 6.45) is 4.11. The van der Waals surface area contributed by atoms with Crippen LogP contribution in [0.15, 0.2) is 53.8 Å². The fraction of sp³-hybridized carbons (Fsp3) is 0.381. The third-order valence-electron chi connectivity index (χ3n) is 5.86. The highest BCUT2D eigenvalue weighted by molar-refractivity contribution is 6.00. The second-order valence-electron chi connectivity index (χ2n) is 7.42. The first-order valence-corrected chi connectivity index (χ1v) is 9.48. The average Bonchev–Trinajstić information content (AvgIpc) is 3.16. The number of pyridine rings is 1. The van der Waals surface area contributed by atoms with Gasteiger partial charge in [0.25, 0.3) is 0 Å². The molecule has 1 aromatic heterocycles. The molecule has 5 rings (SSSR count). The molecule has 1 atom stereocenters. The van der Waals surface area contributed by atoms with Gasteiger partial charge in [-0.05, 0) is 18.2 Å². The van der Waals surface area contributed by atoms with Crippen LogP contribution < -0.4 is 4.74 Å². The second-order valence-corrected chi connectivity index (χ2v) is 7.42. The molecule has 0 radical (unpaired) electrons. The Labute approximate surface area is 158 Å². The minimum Gasteiger partial charge on any atom is -0.466 e. The number of para-hydroxylation sites is 1. The smallest absolute Gasteiger partial charge is 0.219 e. The van der Waals surface area contributed by atoms with Crippen molar-refractivity contribution in [1.82, 2.24) is 14.9 Å². The molecule has 1 unspecified atom stereocenters. The van der Waals surface area contributed by atoms with Gasteiger partial charge in [0.15, 0.2) is 0 Å². The molecule has 1 aromatic carbocycles. The molecular weight excluding hydrogens is 340 g/mol. The molecule has 6 heteroatoms. The quantitative estimate of drug-likeness (QED) is 0.783. The summed E-state index contributed by atoms with van der Waals surface area (Å²) in [5.74, 6) is 1.06. The van der Waals surface area contributed by atoms with Crippen LogP contribution in [0.4, 0.5) is 0 Å². The minimum atomic E-state index is -0.499. The van der Waals surface area contributed by atoms with E-state index in [0.717, 1.165) is 36.4 Å². The van der Waals surface area contributed by atoms with Gasteiger partial charge in [-0.15, -0.1) is 0 Å². The van der Waals surface area contributed by atoms with Gasteiger partial charge >= 0.3 is 0 Å².